The Morgan fingerprint density at radius 2 is 1.39 bits per heavy atom. The molecule has 0 bridgehead atoms. The van der Waals surface area contributed by atoms with Crippen LogP contribution in [0.5, 0.6) is 0 Å². The molecular weight excluding hydrogens is 424 g/mol. The molecule has 3 heterocycles. The minimum absolute atomic E-state index is 0.0153. The molecule has 33 heavy (non-hydrogen) atoms. The Bertz CT molecular complexity index is 1120. The molecule has 9 nitrogen and oxygen atoms in total. The summed E-state index contributed by atoms with van der Waals surface area (Å²) in [6.45, 7) is 0.479. The van der Waals surface area contributed by atoms with Crippen molar-refractivity contribution in [3.05, 3.63) is 65.7 Å². The van der Waals surface area contributed by atoms with Crippen LogP contribution in [0.4, 0.5) is 10.5 Å². The fraction of sp³-hybridized carbons (Fsp3) is 0.292. The second-order valence-electron chi connectivity index (χ2n) is 8.33. The van der Waals surface area contributed by atoms with Crippen LogP contribution in [0.15, 0.2) is 54.6 Å². The van der Waals surface area contributed by atoms with E-state index in [4.69, 9.17) is 0 Å². The van der Waals surface area contributed by atoms with Gasteiger partial charge in [-0.3, -0.25) is 24.1 Å². The number of anilines is 1. The standard InChI is InChI=1S/C24H22N4O5/c29-20(14-27-22(31)18-8-4-5-9-19(18)23(27)32)25-12-10-16(11-13-25)26-15-21(30)28(24(26)33)17-6-2-1-3-7-17/h1-9,16H,10-15H2. The van der Waals surface area contributed by atoms with E-state index in [1.54, 1.807) is 58.3 Å². The normalized spacial score (nSPS) is 19.0. The monoisotopic (exact) mass is 446 g/mol. The Morgan fingerprint density at radius 3 is 2.00 bits per heavy atom. The summed E-state index contributed by atoms with van der Waals surface area (Å²) in [5.74, 6) is -1.49. The van der Waals surface area contributed by atoms with Crippen molar-refractivity contribution in [1.29, 1.82) is 0 Å². The summed E-state index contributed by atoms with van der Waals surface area (Å²) in [5, 5.41) is 0. The van der Waals surface area contributed by atoms with Crippen LogP contribution >= 0.6 is 0 Å². The van der Waals surface area contributed by atoms with Crippen molar-refractivity contribution in [1.82, 2.24) is 14.7 Å². The van der Waals surface area contributed by atoms with Gasteiger partial charge in [0, 0.05) is 19.1 Å². The van der Waals surface area contributed by atoms with E-state index in [1.807, 2.05) is 6.07 Å². The quantitative estimate of drug-likeness (QED) is 0.526. The minimum Gasteiger partial charge on any atom is -0.341 e. The average molecular weight is 446 g/mol. The number of nitrogens with zero attached hydrogens (tertiary/aromatic N) is 4. The number of carbonyl (C=O) groups is 5. The summed E-state index contributed by atoms with van der Waals surface area (Å²) in [5.41, 5.74) is 1.17. The highest BCUT2D eigenvalue weighted by Crippen LogP contribution is 2.27. The zero-order valence-corrected chi connectivity index (χ0v) is 17.8. The number of hydrogen-bond acceptors (Lipinski definition) is 5. The van der Waals surface area contributed by atoms with Crippen LogP contribution in [0.25, 0.3) is 0 Å². The number of amides is 6. The molecule has 9 heteroatoms. The molecule has 0 spiro atoms. The lowest BCUT2D eigenvalue weighted by molar-refractivity contribution is -0.133. The Morgan fingerprint density at radius 1 is 0.818 bits per heavy atom. The lowest BCUT2D eigenvalue weighted by Crippen LogP contribution is -2.50. The van der Waals surface area contributed by atoms with E-state index in [2.05, 4.69) is 0 Å². The van der Waals surface area contributed by atoms with Gasteiger partial charge in [0.2, 0.25) is 5.91 Å². The van der Waals surface area contributed by atoms with Crippen molar-refractivity contribution in [2.75, 3.05) is 31.1 Å². The van der Waals surface area contributed by atoms with Gasteiger partial charge in [-0.2, -0.15) is 0 Å². The van der Waals surface area contributed by atoms with Crippen LogP contribution in [0, 0.1) is 0 Å². The van der Waals surface area contributed by atoms with Crippen molar-refractivity contribution in [2.24, 2.45) is 0 Å². The van der Waals surface area contributed by atoms with Crippen LogP contribution in [0.2, 0.25) is 0 Å². The third kappa shape index (κ3) is 3.55. The molecule has 2 fully saturated rings. The van der Waals surface area contributed by atoms with Gasteiger partial charge < -0.3 is 9.80 Å². The topological polar surface area (TPSA) is 98.3 Å². The molecule has 0 N–H and O–H groups in total. The van der Waals surface area contributed by atoms with Gasteiger partial charge in [0.1, 0.15) is 13.1 Å². The summed E-state index contributed by atoms with van der Waals surface area (Å²) < 4.78 is 0. The minimum atomic E-state index is -0.457. The smallest absolute Gasteiger partial charge is 0.332 e. The molecule has 168 valence electrons. The number of piperidine rings is 1. The second kappa shape index (κ2) is 8.16. The van der Waals surface area contributed by atoms with Crippen LogP contribution < -0.4 is 4.90 Å². The van der Waals surface area contributed by atoms with Crippen molar-refractivity contribution in [2.45, 2.75) is 18.9 Å². The summed E-state index contributed by atoms with van der Waals surface area (Å²) in [4.78, 5) is 68.6. The number of likely N-dealkylation sites (tertiary alicyclic amines) is 1. The maximum atomic E-state index is 12.9. The fourth-order valence-corrected chi connectivity index (χ4v) is 4.68. The first-order valence-electron chi connectivity index (χ1n) is 10.9. The van der Waals surface area contributed by atoms with Gasteiger partial charge in [0.25, 0.3) is 17.7 Å². The summed E-state index contributed by atoms with van der Waals surface area (Å²) in [7, 11) is 0. The van der Waals surface area contributed by atoms with Crippen LogP contribution in [0.3, 0.4) is 0 Å². The largest absolute Gasteiger partial charge is 0.341 e. The van der Waals surface area contributed by atoms with E-state index in [1.165, 1.54) is 4.90 Å². The Balaban J connectivity index is 1.19. The van der Waals surface area contributed by atoms with Gasteiger partial charge in [-0.05, 0) is 37.1 Å². The molecule has 2 aromatic carbocycles. The van der Waals surface area contributed by atoms with Crippen LogP contribution in [0.1, 0.15) is 33.6 Å². The van der Waals surface area contributed by atoms with Gasteiger partial charge >= 0.3 is 6.03 Å². The number of hydrogen-bond donors (Lipinski definition) is 0. The SMILES string of the molecule is O=C(CN1C(=O)c2ccccc2C1=O)N1CCC(N2CC(=O)N(c3ccccc3)C2=O)CC1. The van der Waals surface area contributed by atoms with Gasteiger partial charge in [-0.25, -0.2) is 9.69 Å². The highest BCUT2D eigenvalue weighted by Gasteiger charge is 2.42. The maximum absolute atomic E-state index is 12.9. The third-order valence-corrected chi connectivity index (χ3v) is 6.44. The molecule has 0 aromatic heterocycles. The number of carbonyl (C=O) groups excluding carboxylic acids is 5. The van der Waals surface area contributed by atoms with Crippen LogP contribution in [-0.4, -0.2) is 76.6 Å². The molecular formula is C24H22N4O5. The highest BCUT2D eigenvalue weighted by molar-refractivity contribution is 6.22. The predicted molar refractivity (Wildman–Crippen MR) is 117 cm³/mol. The number of para-hydroxylation sites is 1. The molecule has 5 rings (SSSR count). The Hall–Kier alpha value is -4.01. The van der Waals surface area contributed by atoms with Gasteiger partial charge in [0.05, 0.1) is 16.8 Å². The lowest BCUT2D eigenvalue weighted by Gasteiger charge is -2.36. The first-order valence-corrected chi connectivity index (χ1v) is 10.9. The van der Waals surface area contributed by atoms with Crippen molar-refractivity contribution in [3.63, 3.8) is 0 Å². The van der Waals surface area contributed by atoms with Crippen molar-refractivity contribution in [3.8, 4) is 0 Å². The molecule has 2 aromatic rings. The van der Waals surface area contributed by atoms with E-state index in [0.717, 1.165) is 4.90 Å². The number of rotatable bonds is 4. The number of fused-ring (bicyclic) bond motifs is 1. The molecule has 3 aliphatic heterocycles. The summed E-state index contributed by atoms with van der Waals surface area (Å²) in [6, 6.07) is 14.8. The predicted octanol–water partition coefficient (Wildman–Crippen LogP) is 1.74. The average Bonchev–Trinajstić information content (AvgIpc) is 3.27. The number of urea groups is 1. The zero-order valence-electron chi connectivity index (χ0n) is 17.8. The van der Waals surface area contributed by atoms with E-state index in [9.17, 15) is 24.0 Å². The van der Waals surface area contributed by atoms with E-state index in [-0.39, 0.29) is 37.0 Å². The fourth-order valence-electron chi connectivity index (χ4n) is 4.68. The summed E-state index contributed by atoms with van der Waals surface area (Å²) in [6.07, 6.45) is 1.05. The molecule has 0 unspecified atom stereocenters. The molecule has 0 saturated carbocycles. The Labute approximate surface area is 190 Å². The first kappa shape index (κ1) is 20.9. The van der Waals surface area contributed by atoms with Crippen LogP contribution in [-0.2, 0) is 9.59 Å². The third-order valence-electron chi connectivity index (χ3n) is 6.44. The van der Waals surface area contributed by atoms with E-state index in [0.29, 0.717) is 42.7 Å². The Kier molecular flexibility index (Phi) is 5.16. The highest BCUT2D eigenvalue weighted by atomic mass is 16.2. The second-order valence-corrected chi connectivity index (χ2v) is 8.33. The molecule has 0 radical (unpaired) electrons. The molecule has 2 saturated heterocycles. The van der Waals surface area contributed by atoms with Gasteiger partial charge in [-0.1, -0.05) is 30.3 Å². The zero-order chi connectivity index (χ0) is 23.1. The molecule has 0 aliphatic carbocycles. The van der Waals surface area contributed by atoms with Crippen molar-refractivity contribution >= 4 is 35.3 Å². The summed E-state index contributed by atoms with van der Waals surface area (Å²) >= 11 is 0. The molecule has 0 atom stereocenters. The van der Waals surface area contributed by atoms with E-state index >= 15 is 0 Å². The maximum Gasteiger partial charge on any atom is 0.332 e. The lowest BCUT2D eigenvalue weighted by atomic mass is 10.0. The first-order chi connectivity index (χ1) is 16.0. The van der Waals surface area contributed by atoms with Gasteiger partial charge in [-0.15, -0.1) is 0 Å². The number of benzene rings is 2. The molecule has 3 aliphatic rings. The van der Waals surface area contributed by atoms with Crippen molar-refractivity contribution < 1.29 is 24.0 Å². The van der Waals surface area contributed by atoms with E-state index < -0.39 is 11.8 Å². The number of imide groups is 2. The van der Waals surface area contributed by atoms with Gasteiger partial charge in [0.15, 0.2) is 0 Å². The molecule has 6 amide bonds.